The number of rotatable bonds is 5. The molecule has 4 nitrogen and oxygen atoms in total. The van der Waals surface area contributed by atoms with Crippen LogP contribution in [0.25, 0.3) is 0 Å². The van der Waals surface area contributed by atoms with E-state index in [4.69, 9.17) is 26.2 Å². The van der Waals surface area contributed by atoms with Crippen molar-refractivity contribution < 1.29 is 19.4 Å². The Morgan fingerprint density at radius 3 is 2.39 bits per heavy atom. The van der Waals surface area contributed by atoms with E-state index in [0.717, 1.165) is 5.56 Å². The molecule has 0 radical (unpaired) electrons. The summed E-state index contributed by atoms with van der Waals surface area (Å²) in [5.41, 5.74) is -0.162. The van der Waals surface area contributed by atoms with Crippen LogP contribution in [-0.4, -0.2) is 25.3 Å². The Morgan fingerprint density at radius 1 is 1.33 bits per heavy atom. The lowest BCUT2D eigenvalue weighted by molar-refractivity contribution is -0.146. The lowest BCUT2D eigenvalue weighted by atomic mass is 9.86. The Bertz CT molecular complexity index is 455. The number of ether oxygens (including phenoxy) is 2. The summed E-state index contributed by atoms with van der Waals surface area (Å²) in [5.74, 6) is 0.0885. The molecule has 0 unspecified atom stereocenters. The zero-order valence-corrected chi connectivity index (χ0v) is 11.7. The molecule has 0 saturated heterocycles. The van der Waals surface area contributed by atoms with Gasteiger partial charge in [-0.3, -0.25) is 4.79 Å². The predicted molar refractivity (Wildman–Crippen MR) is 69.7 cm³/mol. The van der Waals surface area contributed by atoms with Crippen molar-refractivity contribution in [1.82, 2.24) is 0 Å². The topological polar surface area (TPSA) is 55.8 Å². The van der Waals surface area contributed by atoms with E-state index in [0.29, 0.717) is 22.9 Å². The Hall–Kier alpha value is -1.42. The normalized spacial score (nSPS) is 11.2. The molecule has 0 aliphatic carbocycles. The van der Waals surface area contributed by atoms with Gasteiger partial charge in [-0.15, -0.1) is 0 Å². The number of carboxylic acids is 1. The molecule has 1 aromatic rings. The van der Waals surface area contributed by atoms with Gasteiger partial charge in [0, 0.05) is 0 Å². The van der Waals surface area contributed by atoms with Crippen LogP contribution < -0.4 is 9.47 Å². The van der Waals surface area contributed by atoms with Crippen LogP contribution in [0.1, 0.15) is 19.4 Å². The predicted octanol–water partition coefficient (Wildman–Crippen LogP) is 3.01. The van der Waals surface area contributed by atoms with Gasteiger partial charge in [0.25, 0.3) is 0 Å². The summed E-state index contributed by atoms with van der Waals surface area (Å²) in [6.45, 7) is 3.31. The monoisotopic (exact) mass is 272 g/mol. The fraction of sp³-hybridized carbons (Fsp3) is 0.462. The van der Waals surface area contributed by atoms with Crippen molar-refractivity contribution in [2.75, 3.05) is 14.2 Å². The van der Waals surface area contributed by atoms with Crippen molar-refractivity contribution in [1.29, 1.82) is 0 Å². The van der Waals surface area contributed by atoms with Crippen LogP contribution in [0, 0.1) is 5.41 Å². The molecule has 100 valence electrons. The SMILES string of the molecule is COc1ccc(CC(C)(C)C(=O)O)c(Cl)c1OC. The Morgan fingerprint density at radius 2 is 1.94 bits per heavy atom. The van der Waals surface area contributed by atoms with Crippen molar-refractivity contribution >= 4 is 17.6 Å². The van der Waals surface area contributed by atoms with E-state index >= 15 is 0 Å². The molecule has 0 aromatic heterocycles. The van der Waals surface area contributed by atoms with Gasteiger partial charge in [-0.05, 0) is 31.9 Å². The fourth-order valence-corrected chi connectivity index (χ4v) is 1.92. The van der Waals surface area contributed by atoms with Gasteiger partial charge in [-0.25, -0.2) is 0 Å². The van der Waals surface area contributed by atoms with Gasteiger partial charge in [0.05, 0.1) is 24.7 Å². The van der Waals surface area contributed by atoms with Crippen molar-refractivity contribution in [2.45, 2.75) is 20.3 Å². The van der Waals surface area contributed by atoms with Gasteiger partial charge in [-0.1, -0.05) is 17.7 Å². The van der Waals surface area contributed by atoms with E-state index in [-0.39, 0.29) is 0 Å². The maximum Gasteiger partial charge on any atom is 0.309 e. The van der Waals surface area contributed by atoms with Crippen LogP contribution in [0.3, 0.4) is 0 Å². The van der Waals surface area contributed by atoms with E-state index in [1.165, 1.54) is 14.2 Å². The lowest BCUT2D eigenvalue weighted by Gasteiger charge is -2.21. The van der Waals surface area contributed by atoms with Gasteiger partial charge in [0.1, 0.15) is 0 Å². The standard InChI is InChI=1S/C13H17ClO4/c1-13(2,12(15)16)7-8-5-6-9(17-3)11(18-4)10(8)14/h5-6H,7H2,1-4H3,(H,15,16). The van der Waals surface area contributed by atoms with Gasteiger partial charge < -0.3 is 14.6 Å². The number of carboxylic acid groups (broad SMARTS) is 1. The molecule has 0 aliphatic heterocycles. The zero-order chi connectivity index (χ0) is 13.9. The first-order valence-electron chi connectivity index (χ1n) is 5.46. The average Bonchev–Trinajstić information content (AvgIpc) is 2.31. The number of aliphatic carboxylic acids is 1. The maximum atomic E-state index is 11.1. The molecule has 0 aliphatic rings. The van der Waals surface area contributed by atoms with Crippen molar-refractivity contribution in [3.8, 4) is 11.5 Å². The highest BCUT2D eigenvalue weighted by Crippen LogP contribution is 2.39. The second-order valence-electron chi connectivity index (χ2n) is 4.64. The first kappa shape index (κ1) is 14.6. The minimum Gasteiger partial charge on any atom is -0.493 e. The van der Waals surface area contributed by atoms with Crippen LogP contribution in [-0.2, 0) is 11.2 Å². The highest BCUT2D eigenvalue weighted by atomic mass is 35.5. The fourth-order valence-electron chi connectivity index (χ4n) is 1.62. The summed E-state index contributed by atoms with van der Waals surface area (Å²) in [4.78, 5) is 11.1. The van der Waals surface area contributed by atoms with Crippen LogP contribution in [0.15, 0.2) is 12.1 Å². The molecule has 0 fully saturated rings. The molecule has 0 bridgehead atoms. The first-order valence-corrected chi connectivity index (χ1v) is 5.84. The molecule has 0 atom stereocenters. The molecule has 0 spiro atoms. The zero-order valence-electron chi connectivity index (χ0n) is 10.9. The molecule has 18 heavy (non-hydrogen) atoms. The number of hydrogen-bond acceptors (Lipinski definition) is 3. The van der Waals surface area contributed by atoms with E-state index in [2.05, 4.69) is 0 Å². The van der Waals surface area contributed by atoms with Gasteiger partial charge >= 0.3 is 5.97 Å². The average molecular weight is 273 g/mol. The maximum absolute atomic E-state index is 11.1. The quantitative estimate of drug-likeness (QED) is 0.895. The number of methoxy groups -OCH3 is 2. The summed E-state index contributed by atoms with van der Waals surface area (Å²) in [6, 6.07) is 3.48. The van der Waals surface area contributed by atoms with Crippen molar-refractivity contribution in [3.63, 3.8) is 0 Å². The van der Waals surface area contributed by atoms with Gasteiger partial charge in [0.15, 0.2) is 11.5 Å². The molecule has 1 N–H and O–H groups in total. The summed E-state index contributed by atoms with van der Waals surface area (Å²) in [6.07, 6.45) is 0.321. The minimum atomic E-state index is -0.886. The van der Waals surface area contributed by atoms with E-state index in [1.807, 2.05) is 0 Å². The summed E-state index contributed by atoms with van der Waals surface area (Å²) < 4.78 is 10.3. The van der Waals surface area contributed by atoms with E-state index in [1.54, 1.807) is 26.0 Å². The highest BCUT2D eigenvalue weighted by molar-refractivity contribution is 6.33. The molecule has 0 amide bonds. The third-order valence-corrected chi connectivity index (χ3v) is 3.19. The van der Waals surface area contributed by atoms with E-state index < -0.39 is 11.4 Å². The summed E-state index contributed by atoms with van der Waals surface area (Å²) in [7, 11) is 3.02. The first-order chi connectivity index (χ1) is 8.33. The molecule has 0 heterocycles. The number of benzene rings is 1. The smallest absolute Gasteiger partial charge is 0.309 e. The Balaban J connectivity index is 3.16. The third-order valence-electron chi connectivity index (χ3n) is 2.78. The molecular formula is C13H17ClO4. The Kier molecular flexibility index (Phi) is 4.46. The number of carbonyl (C=O) groups is 1. The van der Waals surface area contributed by atoms with Crippen LogP contribution in [0.4, 0.5) is 0 Å². The molecular weight excluding hydrogens is 256 g/mol. The molecule has 1 aromatic carbocycles. The van der Waals surface area contributed by atoms with Crippen LogP contribution in [0.5, 0.6) is 11.5 Å². The minimum absolute atomic E-state index is 0.321. The lowest BCUT2D eigenvalue weighted by Crippen LogP contribution is -2.26. The summed E-state index contributed by atoms with van der Waals surface area (Å²) >= 11 is 6.21. The number of hydrogen-bond donors (Lipinski definition) is 1. The van der Waals surface area contributed by atoms with E-state index in [9.17, 15) is 4.79 Å². The largest absolute Gasteiger partial charge is 0.493 e. The van der Waals surface area contributed by atoms with Gasteiger partial charge in [0.2, 0.25) is 0 Å². The van der Waals surface area contributed by atoms with Crippen molar-refractivity contribution in [2.24, 2.45) is 5.41 Å². The van der Waals surface area contributed by atoms with Gasteiger partial charge in [-0.2, -0.15) is 0 Å². The molecule has 5 heteroatoms. The van der Waals surface area contributed by atoms with Crippen molar-refractivity contribution in [3.05, 3.63) is 22.7 Å². The third kappa shape index (κ3) is 2.88. The van der Waals surface area contributed by atoms with Crippen LogP contribution in [0.2, 0.25) is 5.02 Å². The Labute approximate surface area is 111 Å². The second-order valence-corrected chi connectivity index (χ2v) is 5.02. The summed E-state index contributed by atoms with van der Waals surface area (Å²) in [5, 5.41) is 9.52. The number of halogens is 1. The molecule has 1 rings (SSSR count). The van der Waals surface area contributed by atoms with Crippen LogP contribution >= 0.6 is 11.6 Å². The second kappa shape index (κ2) is 5.48. The molecule has 0 saturated carbocycles. The highest BCUT2D eigenvalue weighted by Gasteiger charge is 2.29.